The second kappa shape index (κ2) is 8.48. The van der Waals surface area contributed by atoms with E-state index in [2.05, 4.69) is 29.5 Å². The number of hydrogen-bond acceptors (Lipinski definition) is 3. The van der Waals surface area contributed by atoms with Crippen molar-refractivity contribution in [1.82, 2.24) is 15.5 Å². The third-order valence-corrected chi connectivity index (χ3v) is 3.82. The van der Waals surface area contributed by atoms with Crippen molar-refractivity contribution in [3.05, 3.63) is 0 Å². The highest BCUT2D eigenvalue weighted by molar-refractivity contribution is 5.76. The average Bonchev–Trinajstić information content (AvgIpc) is 2.36. The van der Waals surface area contributed by atoms with Gasteiger partial charge in [0, 0.05) is 19.0 Å². The largest absolute Gasteiger partial charge is 0.354 e. The van der Waals surface area contributed by atoms with Crippen LogP contribution in [0.25, 0.3) is 0 Å². The number of nitrogens with one attached hydrogen (secondary N) is 2. The number of amides is 1. The van der Waals surface area contributed by atoms with Gasteiger partial charge in [-0.1, -0.05) is 6.92 Å². The summed E-state index contributed by atoms with van der Waals surface area (Å²) in [5.41, 5.74) is 0. The Labute approximate surface area is 111 Å². The fourth-order valence-electron chi connectivity index (χ4n) is 2.22. The monoisotopic (exact) mass is 255 g/mol. The van der Waals surface area contributed by atoms with Crippen molar-refractivity contribution in [2.24, 2.45) is 5.92 Å². The lowest BCUT2D eigenvalue weighted by Gasteiger charge is -2.29. The van der Waals surface area contributed by atoms with Gasteiger partial charge >= 0.3 is 0 Å². The number of carbonyl (C=O) groups is 1. The molecule has 4 heteroatoms. The molecule has 1 unspecified atom stereocenters. The van der Waals surface area contributed by atoms with Crippen LogP contribution in [0.4, 0.5) is 0 Å². The normalized spacial score (nSPS) is 19.7. The van der Waals surface area contributed by atoms with Crippen LogP contribution >= 0.6 is 0 Å². The first-order valence-electron chi connectivity index (χ1n) is 7.30. The molecule has 1 aliphatic rings. The molecule has 1 saturated heterocycles. The Balaban J connectivity index is 1.99. The van der Waals surface area contributed by atoms with Crippen LogP contribution in [0.2, 0.25) is 0 Å². The smallest absolute Gasteiger partial charge is 0.221 e. The highest BCUT2D eigenvalue weighted by Gasteiger charge is 2.15. The molecule has 0 bridgehead atoms. The van der Waals surface area contributed by atoms with E-state index in [1.54, 1.807) is 0 Å². The van der Waals surface area contributed by atoms with Crippen LogP contribution in [0.3, 0.4) is 0 Å². The molecule has 1 fully saturated rings. The van der Waals surface area contributed by atoms with Crippen LogP contribution in [-0.4, -0.2) is 50.1 Å². The van der Waals surface area contributed by atoms with E-state index in [4.69, 9.17) is 0 Å². The van der Waals surface area contributed by atoms with Gasteiger partial charge in [-0.15, -0.1) is 0 Å². The summed E-state index contributed by atoms with van der Waals surface area (Å²) in [5, 5.41) is 6.40. The first-order chi connectivity index (χ1) is 8.61. The van der Waals surface area contributed by atoms with E-state index in [9.17, 15) is 4.79 Å². The molecule has 1 heterocycles. The fourth-order valence-corrected chi connectivity index (χ4v) is 2.22. The third-order valence-electron chi connectivity index (χ3n) is 3.82. The van der Waals surface area contributed by atoms with E-state index in [1.807, 2.05) is 6.92 Å². The van der Waals surface area contributed by atoms with Crippen molar-refractivity contribution in [2.75, 3.05) is 33.2 Å². The minimum Gasteiger partial charge on any atom is -0.354 e. The Morgan fingerprint density at radius 3 is 2.67 bits per heavy atom. The van der Waals surface area contributed by atoms with Crippen LogP contribution in [0.1, 0.15) is 39.5 Å². The average molecular weight is 255 g/mol. The zero-order valence-corrected chi connectivity index (χ0v) is 12.2. The summed E-state index contributed by atoms with van der Waals surface area (Å²) in [6, 6.07) is 0.298. The maximum Gasteiger partial charge on any atom is 0.221 e. The molecule has 0 spiro atoms. The van der Waals surface area contributed by atoms with E-state index < -0.39 is 0 Å². The van der Waals surface area contributed by atoms with Crippen molar-refractivity contribution in [2.45, 2.75) is 45.6 Å². The Morgan fingerprint density at radius 1 is 1.39 bits per heavy atom. The quantitative estimate of drug-likeness (QED) is 0.672. The van der Waals surface area contributed by atoms with E-state index in [0.717, 1.165) is 25.4 Å². The predicted octanol–water partition coefficient (Wildman–Crippen LogP) is 1.22. The Morgan fingerprint density at radius 2 is 2.06 bits per heavy atom. The molecule has 4 nitrogen and oxygen atoms in total. The van der Waals surface area contributed by atoms with Crippen molar-refractivity contribution in [1.29, 1.82) is 0 Å². The molecule has 2 N–H and O–H groups in total. The van der Waals surface area contributed by atoms with Crippen molar-refractivity contribution >= 4 is 5.91 Å². The lowest BCUT2D eigenvalue weighted by molar-refractivity contribution is -0.121. The SMILES string of the molecule is CCC(C)NC(=O)CCNCC1CCN(C)CC1. The summed E-state index contributed by atoms with van der Waals surface area (Å²) >= 11 is 0. The Bertz CT molecular complexity index is 237. The van der Waals surface area contributed by atoms with Crippen molar-refractivity contribution in [3.8, 4) is 0 Å². The lowest BCUT2D eigenvalue weighted by atomic mass is 9.97. The molecule has 1 aliphatic heterocycles. The van der Waals surface area contributed by atoms with Crippen LogP contribution in [-0.2, 0) is 4.79 Å². The van der Waals surface area contributed by atoms with Crippen LogP contribution in [0.5, 0.6) is 0 Å². The number of piperidine rings is 1. The van der Waals surface area contributed by atoms with Gasteiger partial charge in [-0.05, 0) is 58.8 Å². The van der Waals surface area contributed by atoms with Crippen LogP contribution in [0.15, 0.2) is 0 Å². The number of likely N-dealkylation sites (tertiary alicyclic amines) is 1. The molecule has 106 valence electrons. The molecule has 1 rings (SSSR count). The first-order valence-corrected chi connectivity index (χ1v) is 7.30. The molecule has 0 radical (unpaired) electrons. The molecular formula is C14H29N3O. The molecule has 0 aliphatic carbocycles. The minimum absolute atomic E-state index is 0.167. The summed E-state index contributed by atoms with van der Waals surface area (Å²) in [5.74, 6) is 0.957. The zero-order chi connectivity index (χ0) is 13.4. The highest BCUT2D eigenvalue weighted by Crippen LogP contribution is 2.14. The summed E-state index contributed by atoms with van der Waals surface area (Å²) in [7, 11) is 2.18. The van der Waals surface area contributed by atoms with E-state index in [-0.39, 0.29) is 5.91 Å². The Hall–Kier alpha value is -0.610. The standard InChI is InChI=1S/C14H29N3O/c1-4-12(2)16-14(18)5-8-15-11-13-6-9-17(3)10-7-13/h12-13,15H,4-11H2,1-3H3,(H,16,18). The van der Waals surface area contributed by atoms with E-state index in [0.29, 0.717) is 12.5 Å². The molecular weight excluding hydrogens is 226 g/mol. The van der Waals surface area contributed by atoms with Gasteiger partial charge in [0.1, 0.15) is 0 Å². The summed E-state index contributed by atoms with van der Waals surface area (Å²) in [6.45, 7) is 8.41. The van der Waals surface area contributed by atoms with E-state index >= 15 is 0 Å². The van der Waals surface area contributed by atoms with Gasteiger partial charge in [0.05, 0.1) is 0 Å². The summed E-state index contributed by atoms with van der Waals surface area (Å²) < 4.78 is 0. The number of hydrogen-bond donors (Lipinski definition) is 2. The second-order valence-electron chi connectivity index (χ2n) is 5.58. The van der Waals surface area contributed by atoms with Gasteiger partial charge in [0.25, 0.3) is 0 Å². The number of carbonyl (C=O) groups excluding carboxylic acids is 1. The number of nitrogens with zero attached hydrogens (tertiary/aromatic N) is 1. The molecule has 18 heavy (non-hydrogen) atoms. The van der Waals surface area contributed by atoms with E-state index in [1.165, 1.54) is 25.9 Å². The highest BCUT2D eigenvalue weighted by atomic mass is 16.1. The minimum atomic E-state index is 0.167. The van der Waals surface area contributed by atoms with Gasteiger partial charge in [-0.2, -0.15) is 0 Å². The van der Waals surface area contributed by atoms with Crippen molar-refractivity contribution in [3.63, 3.8) is 0 Å². The summed E-state index contributed by atoms with van der Waals surface area (Å²) in [4.78, 5) is 13.9. The fraction of sp³-hybridized carbons (Fsp3) is 0.929. The zero-order valence-electron chi connectivity index (χ0n) is 12.2. The van der Waals surface area contributed by atoms with Gasteiger partial charge in [-0.3, -0.25) is 4.79 Å². The maximum absolute atomic E-state index is 11.5. The predicted molar refractivity (Wildman–Crippen MR) is 75.6 cm³/mol. The summed E-state index contributed by atoms with van der Waals surface area (Å²) in [6.07, 6.45) is 4.15. The van der Waals surface area contributed by atoms with Crippen molar-refractivity contribution < 1.29 is 4.79 Å². The molecule has 0 aromatic heterocycles. The van der Waals surface area contributed by atoms with Gasteiger partial charge < -0.3 is 15.5 Å². The van der Waals surface area contributed by atoms with Gasteiger partial charge in [0.2, 0.25) is 5.91 Å². The topological polar surface area (TPSA) is 44.4 Å². The molecule has 1 amide bonds. The second-order valence-corrected chi connectivity index (χ2v) is 5.58. The molecule has 0 saturated carbocycles. The maximum atomic E-state index is 11.5. The Kier molecular flexibility index (Phi) is 7.28. The molecule has 1 atom stereocenters. The third kappa shape index (κ3) is 6.36. The van der Waals surface area contributed by atoms with Crippen LogP contribution < -0.4 is 10.6 Å². The molecule has 0 aromatic rings. The molecule has 0 aromatic carbocycles. The van der Waals surface area contributed by atoms with Gasteiger partial charge in [0.15, 0.2) is 0 Å². The van der Waals surface area contributed by atoms with Gasteiger partial charge in [-0.25, -0.2) is 0 Å². The lowest BCUT2D eigenvalue weighted by Crippen LogP contribution is -2.37. The first kappa shape index (κ1) is 15.4. The number of rotatable bonds is 7. The van der Waals surface area contributed by atoms with Crippen LogP contribution in [0, 0.1) is 5.92 Å².